The van der Waals surface area contributed by atoms with E-state index in [1.807, 2.05) is 0 Å². The van der Waals surface area contributed by atoms with E-state index in [-0.39, 0.29) is 5.54 Å². The molecule has 1 unspecified atom stereocenters. The van der Waals surface area contributed by atoms with Gasteiger partial charge < -0.3 is 5.73 Å². The van der Waals surface area contributed by atoms with Crippen molar-refractivity contribution in [3.63, 3.8) is 0 Å². The topological polar surface area (TPSA) is 26.0 Å². The summed E-state index contributed by atoms with van der Waals surface area (Å²) in [7, 11) is 0. The van der Waals surface area contributed by atoms with E-state index in [0.717, 1.165) is 12.8 Å². The highest BCUT2D eigenvalue weighted by molar-refractivity contribution is 5.28. The Morgan fingerprint density at radius 3 is 1.96 bits per heavy atom. The molecular weight excluding hydrogens is 278 g/mol. The Bertz CT molecular complexity index is 342. The molecule has 0 saturated heterocycles. The van der Waals surface area contributed by atoms with Gasteiger partial charge in [-0.1, -0.05) is 108 Å². The average molecular weight is 320 g/mol. The summed E-state index contributed by atoms with van der Waals surface area (Å²) in [5, 5.41) is 0. The second kappa shape index (κ2) is 12.8. The van der Waals surface area contributed by atoms with Crippen LogP contribution in [-0.4, -0.2) is 5.54 Å². The predicted molar refractivity (Wildman–Crippen MR) is 105 cm³/mol. The van der Waals surface area contributed by atoms with Crippen LogP contribution in [0.1, 0.15) is 110 Å². The molecule has 1 atom stereocenters. The van der Waals surface area contributed by atoms with E-state index in [1.165, 1.54) is 89.0 Å². The lowest BCUT2D eigenvalue weighted by Gasteiger charge is -2.28. The van der Waals surface area contributed by atoms with E-state index in [9.17, 15) is 0 Å². The van der Waals surface area contributed by atoms with Crippen LogP contribution in [0.25, 0.3) is 0 Å². The normalized spacial score (nSPS) is 20.7. The van der Waals surface area contributed by atoms with Crippen LogP contribution in [0.3, 0.4) is 0 Å². The summed E-state index contributed by atoms with van der Waals surface area (Å²) < 4.78 is 0. The van der Waals surface area contributed by atoms with Gasteiger partial charge in [0.1, 0.15) is 0 Å². The van der Waals surface area contributed by atoms with Crippen molar-refractivity contribution in [1.82, 2.24) is 0 Å². The molecule has 0 aliphatic heterocycles. The van der Waals surface area contributed by atoms with Gasteiger partial charge in [0, 0.05) is 5.54 Å². The Hall–Kier alpha value is -0.560. The molecule has 0 bridgehead atoms. The fraction of sp³-hybridized carbons (Fsp3) is 0.818. The molecule has 0 saturated carbocycles. The van der Waals surface area contributed by atoms with Crippen LogP contribution in [0.15, 0.2) is 23.8 Å². The molecule has 1 rings (SSSR count). The van der Waals surface area contributed by atoms with Crippen molar-refractivity contribution >= 4 is 0 Å². The molecule has 1 aliphatic carbocycles. The number of allylic oxidation sites excluding steroid dienone is 2. The number of hydrogen-bond donors (Lipinski definition) is 1. The van der Waals surface area contributed by atoms with Crippen molar-refractivity contribution in [2.45, 2.75) is 116 Å². The van der Waals surface area contributed by atoms with Gasteiger partial charge in [0.2, 0.25) is 0 Å². The average Bonchev–Trinajstić information content (AvgIpc) is 2.56. The minimum atomic E-state index is -0.0601. The summed E-state index contributed by atoms with van der Waals surface area (Å²) in [6.07, 6.45) is 26.9. The Kier molecular flexibility index (Phi) is 11.4. The molecule has 0 heterocycles. The van der Waals surface area contributed by atoms with Crippen molar-refractivity contribution in [1.29, 1.82) is 0 Å². The van der Waals surface area contributed by atoms with Gasteiger partial charge in [-0.25, -0.2) is 0 Å². The Balaban J connectivity index is 2.09. The Morgan fingerprint density at radius 2 is 1.39 bits per heavy atom. The Morgan fingerprint density at radius 1 is 0.826 bits per heavy atom. The Labute approximate surface area is 145 Å². The molecule has 0 aromatic carbocycles. The summed E-state index contributed by atoms with van der Waals surface area (Å²) >= 11 is 0. The summed E-state index contributed by atoms with van der Waals surface area (Å²) in [4.78, 5) is 0. The lowest BCUT2D eigenvalue weighted by atomic mass is 9.84. The maximum absolute atomic E-state index is 6.54. The number of hydrogen-bond acceptors (Lipinski definition) is 1. The SMILES string of the molecule is CCCCCCCCC1=CCC(N)(CCCCCCCC)C=C1. The maximum Gasteiger partial charge on any atom is 0.0377 e. The van der Waals surface area contributed by atoms with Crippen LogP contribution < -0.4 is 5.73 Å². The van der Waals surface area contributed by atoms with Crippen molar-refractivity contribution in [3.8, 4) is 0 Å². The first kappa shape index (κ1) is 20.5. The molecule has 1 nitrogen and oxygen atoms in total. The molecule has 0 aromatic heterocycles. The van der Waals surface area contributed by atoms with E-state index in [0.29, 0.717) is 0 Å². The zero-order chi connectivity index (χ0) is 16.8. The predicted octanol–water partition coefficient (Wildman–Crippen LogP) is 7.07. The van der Waals surface area contributed by atoms with Crippen molar-refractivity contribution in [3.05, 3.63) is 23.8 Å². The molecule has 0 fully saturated rings. The first-order valence-corrected chi connectivity index (χ1v) is 10.4. The summed E-state index contributed by atoms with van der Waals surface area (Å²) in [5.74, 6) is 0. The van der Waals surface area contributed by atoms with Crippen molar-refractivity contribution in [2.24, 2.45) is 5.73 Å². The standard InChI is InChI=1S/C22H41N/c1-3-5-7-9-11-13-15-21-16-19-22(23,20-17-21)18-14-12-10-8-6-4-2/h16-17,19H,3-15,18,20,23H2,1-2H3. The lowest BCUT2D eigenvalue weighted by Crippen LogP contribution is -2.38. The maximum atomic E-state index is 6.54. The fourth-order valence-electron chi connectivity index (χ4n) is 3.44. The first-order valence-electron chi connectivity index (χ1n) is 10.4. The number of nitrogens with two attached hydrogens (primary N) is 1. The van der Waals surface area contributed by atoms with Gasteiger partial charge in [-0.15, -0.1) is 0 Å². The highest BCUT2D eigenvalue weighted by Gasteiger charge is 2.22. The highest BCUT2D eigenvalue weighted by atomic mass is 14.7. The zero-order valence-corrected chi connectivity index (χ0v) is 15.9. The van der Waals surface area contributed by atoms with Crippen LogP contribution in [-0.2, 0) is 0 Å². The smallest absolute Gasteiger partial charge is 0.0377 e. The zero-order valence-electron chi connectivity index (χ0n) is 15.9. The third-order valence-electron chi connectivity index (χ3n) is 5.19. The van der Waals surface area contributed by atoms with Gasteiger partial charge in [-0.3, -0.25) is 0 Å². The van der Waals surface area contributed by atoms with Crippen LogP contribution >= 0.6 is 0 Å². The van der Waals surface area contributed by atoms with Gasteiger partial charge in [-0.05, 0) is 25.7 Å². The summed E-state index contributed by atoms with van der Waals surface area (Å²) in [6, 6.07) is 0. The van der Waals surface area contributed by atoms with Crippen molar-refractivity contribution < 1.29 is 0 Å². The van der Waals surface area contributed by atoms with E-state index in [4.69, 9.17) is 5.73 Å². The third kappa shape index (κ3) is 10.0. The van der Waals surface area contributed by atoms with E-state index >= 15 is 0 Å². The number of rotatable bonds is 14. The van der Waals surface area contributed by atoms with E-state index in [2.05, 4.69) is 32.1 Å². The van der Waals surface area contributed by atoms with Crippen molar-refractivity contribution in [2.75, 3.05) is 0 Å². The minimum Gasteiger partial charge on any atom is -0.322 e. The number of unbranched alkanes of at least 4 members (excludes halogenated alkanes) is 10. The van der Waals surface area contributed by atoms with Gasteiger partial charge >= 0.3 is 0 Å². The van der Waals surface area contributed by atoms with E-state index < -0.39 is 0 Å². The highest BCUT2D eigenvalue weighted by Crippen LogP contribution is 2.26. The quantitative estimate of drug-likeness (QED) is 0.340. The third-order valence-corrected chi connectivity index (χ3v) is 5.19. The van der Waals surface area contributed by atoms with Gasteiger partial charge in [0.05, 0.1) is 0 Å². The molecule has 0 aromatic rings. The fourth-order valence-corrected chi connectivity index (χ4v) is 3.44. The summed E-state index contributed by atoms with van der Waals surface area (Å²) in [5.41, 5.74) is 8.00. The van der Waals surface area contributed by atoms with E-state index in [1.54, 1.807) is 0 Å². The molecule has 0 amide bonds. The molecule has 2 N–H and O–H groups in total. The molecule has 0 radical (unpaired) electrons. The second-order valence-electron chi connectivity index (χ2n) is 7.59. The minimum absolute atomic E-state index is 0.0601. The molecule has 0 spiro atoms. The van der Waals surface area contributed by atoms with Crippen LogP contribution in [0, 0.1) is 0 Å². The molecule has 23 heavy (non-hydrogen) atoms. The lowest BCUT2D eigenvalue weighted by molar-refractivity contribution is 0.449. The van der Waals surface area contributed by atoms with Gasteiger partial charge in [0.15, 0.2) is 0 Å². The molecular formula is C22H41N. The summed E-state index contributed by atoms with van der Waals surface area (Å²) in [6.45, 7) is 4.55. The van der Waals surface area contributed by atoms with Crippen LogP contribution in [0.2, 0.25) is 0 Å². The van der Waals surface area contributed by atoms with Crippen LogP contribution in [0.4, 0.5) is 0 Å². The molecule has 1 heteroatoms. The van der Waals surface area contributed by atoms with Gasteiger partial charge in [-0.2, -0.15) is 0 Å². The second-order valence-corrected chi connectivity index (χ2v) is 7.59. The monoisotopic (exact) mass is 319 g/mol. The van der Waals surface area contributed by atoms with Gasteiger partial charge in [0.25, 0.3) is 0 Å². The molecule has 1 aliphatic rings. The first-order chi connectivity index (χ1) is 11.2. The molecule has 134 valence electrons. The van der Waals surface area contributed by atoms with Crippen LogP contribution in [0.5, 0.6) is 0 Å². The largest absolute Gasteiger partial charge is 0.322 e.